The van der Waals surface area contributed by atoms with Crippen LogP contribution in [0, 0.1) is 10.1 Å². The molecule has 2 aromatic rings. The van der Waals surface area contributed by atoms with Gasteiger partial charge in [0.15, 0.2) is 5.69 Å². The van der Waals surface area contributed by atoms with E-state index in [1.807, 2.05) is 27.7 Å². The highest BCUT2D eigenvalue weighted by molar-refractivity contribution is 5.95. The number of carbonyl (C=O) groups is 2. The molecule has 9 nitrogen and oxygen atoms in total. The van der Waals surface area contributed by atoms with Gasteiger partial charge in [-0.05, 0) is 32.8 Å². The molecular formula is C20H26N4O5. The van der Waals surface area contributed by atoms with E-state index in [2.05, 4.69) is 10.3 Å². The van der Waals surface area contributed by atoms with E-state index in [1.54, 1.807) is 0 Å². The molecule has 9 heteroatoms. The lowest BCUT2D eigenvalue weighted by Crippen LogP contribution is -2.38. The molecule has 0 aliphatic rings. The van der Waals surface area contributed by atoms with Crippen molar-refractivity contribution < 1.29 is 18.9 Å². The van der Waals surface area contributed by atoms with E-state index in [1.165, 1.54) is 35.4 Å². The molecule has 0 bridgehead atoms. The first-order valence-electron chi connectivity index (χ1n) is 9.57. The SMILES string of the molecule is CC[C@H](C)NC(=O)c1coc(CN(C(=O)c2cccc([N+](=O)[O-])c2)[C@@H](C)CC)n1. The molecule has 1 aromatic carbocycles. The topological polar surface area (TPSA) is 119 Å². The summed E-state index contributed by atoms with van der Waals surface area (Å²) in [5.41, 5.74) is 0.202. The van der Waals surface area contributed by atoms with Crippen LogP contribution in [-0.2, 0) is 6.54 Å². The minimum atomic E-state index is -0.541. The Kier molecular flexibility index (Phi) is 7.46. The molecule has 156 valence electrons. The highest BCUT2D eigenvalue weighted by Crippen LogP contribution is 2.19. The normalized spacial score (nSPS) is 12.8. The van der Waals surface area contributed by atoms with Crippen molar-refractivity contribution in [3.05, 3.63) is 57.8 Å². The molecule has 2 amide bonds. The molecule has 0 saturated heterocycles. The third kappa shape index (κ3) is 5.63. The molecule has 2 atom stereocenters. The van der Waals surface area contributed by atoms with Crippen LogP contribution < -0.4 is 5.32 Å². The first-order chi connectivity index (χ1) is 13.8. The Bertz CT molecular complexity index is 879. The molecule has 29 heavy (non-hydrogen) atoms. The molecule has 1 heterocycles. The van der Waals surface area contributed by atoms with Gasteiger partial charge in [0.1, 0.15) is 6.26 Å². The number of rotatable bonds is 9. The lowest BCUT2D eigenvalue weighted by Gasteiger charge is -2.27. The third-order valence-corrected chi connectivity index (χ3v) is 4.77. The fourth-order valence-corrected chi connectivity index (χ4v) is 2.60. The van der Waals surface area contributed by atoms with Crippen LogP contribution in [0.3, 0.4) is 0 Å². The molecule has 0 radical (unpaired) electrons. The molecule has 0 aliphatic heterocycles. The minimum absolute atomic E-state index is 0.00899. The maximum atomic E-state index is 13.0. The van der Waals surface area contributed by atoms with Crippen LogP contribution in [0.15, 0.2) is 34.9 Å². The van der Waals surface area contributed by atoms with Crippen LogP contribution in [0.2, 0.25) is 0 Å². The average Bonchev–Trinajstić information content (AvgIpc) is 3.19. The van der Waals surface area contributed by atoms with Crippen LogP contribution in [0.4, 0.5) is 5.69 Å². The quantitative estimate of drug-likeness (QED) is 0.506. The Labute approximate surface area is 169 Å². The zero-order chi connectivity index (χ0) is 21.6. The van der Waals surface area contributed by atoms with Crippen LogP contribution >= 0.6 is 0 Å². The standard InChI is InChI=1S/C20H26N4O5/c1-5-13(3)21-19(25)17-12-29-18(22-17)11-23(14(4)6-2)20(26)15-8-7-9-16(10-15)24(27)28/h7-10,12-14H,5-6,11H2,1-4H3,(H,21,25)/t13-,14-/m0/s1. The van der Waals surface area contributed by atoms with Crippen LogP contribution in [0.25, 0.3) is 0 Å². The number of nitrogens with one attached hydrogen (secondary N) is 1. The van der Waals surface area contributed by atoms with Crippen molar-refractivity contribution in [1.82, 2.24) is 15.2 Å². The van der Waals surface area contributed by atoms with E-state index in [-0.39, 0.29) is 53.3 Å². The summed E-state index contributed by atoms with van der Waals surface area (Å²) in [6, 6.07) is 5.44. The van der Waals surface area contributed by atoms with Crippen molar-refractivity contribution in [2.45, 2.75) is 59.2 Å². The average molecular weight is 402 g/mol. The van der Waals surface area contributed by atoms with Crippen LogP contribution in [0.1, 0.15) is 67.3 Å². The van der Waals surface area contributed by atoms with Gasteiger partial charge >= 0.3 is 0 Å². The van der Waals surface area contributed by atoms with Gasteiger partial charge in [0.2, 0.25) is 5.89 Å². The van der Waals surface area contributed by atoms with E-state index in [9.17, 15) is 19.7 Å². The summed E-state index contributed by atoms with van der Waals surface area (Å²) in [7, 11) is 0. The summed E-state index contributed by atoms with van der Waals surface area (Å²) < 4.78 is 5.40. The maximum Gasteiger partial charge on any atom is 0.273 e. The molecule has 0 fully saturated rings. The molecule has 0 spiro atoms. The zero-order valence-corrected chi connectivity index (χ0v) is 17.0. The van der Waals surface area contributed by atoms with Crippen molar-refractivity contribution in [2.75, 3.05) is 0 Å². The number of carbonyl (C=O) groups excluding carboxylic acids is 2. The predicted octanol–water partition coefficient (Wildman–Crippen LogP) is 3.55. The van der Waals surface area contributed by atoms with Gasteiger partial charge in [0.05, 0.1) is 11.5 Å². The first-order valence-corrected chi connectivity index (χ1v) is 9.57. The van der Waals surface area contributed by atoms with Crippen LogP contribution in [0.5, 0.6) is 0 Å². The number of nitro groups is 1. The number of benzene rings is 1. The van der Waals surface area contributed by atoms with Crippen molar-refractivity contribution in [3.8, 4) is 0 Å². The molecule has 1 N–H and O–H groups in total. The van der Waals surface area contributed by atoms with Gasteiger partial charge in [-0.15, -0.1) is 0 Å². The number of amides is 2. The summed E-state index contributed by atoms with van der Waals surface area (Å²) in [6.45, 7) is 7.70. The number of hydrogen-bond donors (Lipinski definition) is 1. The van der Waals surface area contributed by atoms with Crippen molar-refractivity contribution in [2.24, 2.45) is 0 Å². The Morgan fingerprint density at radius 2 is 2.00 bits per heavy atom. The molecular weight excluding hydrogens is 376 g/mol. The Balaban J connectivity index is 2.22. The second-order valence-corrected chi connectivity index (χ2v) is 6.91. The number of nitro benzene ring substituents is 1. The van der Waals surface area contributed by atoms with Crippen molar-refractivity contribution >= 4 is 17.5 Å². The van der Waals surface area contributed by atoms with Gasteiger partial charge in [-0.25, -0.2) is 4.98 Å². The van der Waals surface area contributed by atoms with E-state index in [0.717, 1.165) is 6.42 Å². The highest BCUT2D eigenvalue weighted by atomic mass is 16.6. The summed E-state index contributed by atoms with van der Waals surface area (Å²) in [5.74, 6) is -0.486. The van der Waals surface area contributed by atoms with Crippen molar-refractivity contribution in [3.63, 3.8) is 0 Å². The third-order valence-electron chi connectivity index (χ3n) is 4.77. The van der Waals surface area contributed by atoms with Gasteiger partial charge in [-0.1, -0.05) is 19.9 Å². The number of non-ortho nitro benzene ring substituents is 1. The second kappa shape index (κ2) is 9.81. The monoisotopic (exact) mass is 402 g/mol. The fourth-order valence-electron chi connectivity index (χ4n) is 2.60. The lowest BCUT2D eigenvalue weighted by atomic mass is 10.1. The number of oxazole rings is 1. The first kappa shape index (κ1) is 22.1. The number of nitrogens with zero attached hydrogens (tertiary/aromatic N) is 3. The van der Waals surface area contributed by atoms with E-state index in [0.29, 0.717) is 6.42 Å². The van der Waals surface area contributed by atoms with Gasteiger partial charge < -0.3 is 14.6 Å². The Morgan fingerprint density at radius 1 is 1.28 bits per heavy atom. The molecule has 2 rings (SSSR count). The largest absolute Gasteiger partial charge is 0.446 e. The van der Waals surface area contributed by atoms with Gasteiger partial charge in [0, 0.05) is 29.8 Å². The molecule has 0 unspecified atom stereocenters. The van der Waals surface area contributed by atoms with Gasteiger partial charge in [-0.3, -0.25) is 19.7 Å². The molecule has 0 aliphatic carbocycles. The summed E-state index contributed by atoms with van der Waals surface area (Å²) in [4.78, 5) is 41.4. The van der Waals surface area contributed by atoms with E-state index in [4.69, 9.17) is 4.42 Å². The number of hydrogen-bond acceptors (Lipinski definition) is 6. The van der Waals surface area contributed by atoms with E-state index >= 15 is 0 Å². The Hall–Kier alpha value is -3.23. The summed E-state index contributed by atoms with van der Waals surface area (Å²) >= 11 is 0. The fraction of sp³-hybridized carbons (Fsp3) is 0.450. The van der Waals surface area contributed by atoms with E-state index < -0.39 is 4.92 Å². The van der Waals surface area contributed by atoms with Gasteiger partial charge in [-0.2, -0.15) is 0 Å². The van der Waals surface area contributed by atoms with Gasteiger partial charge in [0.25, 0.3) is 17.5 Å². The van der Waals surface area contributed by atoms with Crippen LogP contribution in [-0.4, -0.2) is 38.7 Å². The zero-order valence-electron chi connectivity index (χ0n) is 17.0. The maximum absolute atomic E-state index is 13.0. The summed E-state index contributed by atoms with van der Waals surface area (Å²) in [5, 5.41) is 13.8. The predicted molar refractivity (Wildman–Crippen MR) is 106 cm³/mol. The summed E-state index contributed by atoms with van der Waals surface area (Å²) in [6.07, 6.45) is 2.72. The molecule has 0 saturated carbocycles. The van der Waals surface area contributed by atoms with Crippen molar-refractivity contribution in [1.29, 1.82) is 0 Å². The minimum Gasteiger partial charge on any atom is -0.446 e. The second-order valence-electron chi connectivity index (χ2n) is 6.91. The smallest absolute Gasteiger partial charge is 0.273 e. The number of aromatic nitrogens is 1. The lowest BCUT2D eigenvalue weighted by molar-refractivity contribution is -0.384. The molecule has 1 aromatic heterocycles. The highest BCUT2D eigenvalue weighted by Gasteiger charge is 2.25. The Morgan fingerprint density at radius 3 is 2.62 bits per heavy atom.